The van der Waals surface area contributed by atoms with Crippen LogP contribution in [0, 0.1) is 5.92 Å². The number of rotatable bonds is 1. The quantitative estimate of drug-likeness (QED) is 0.389. The summed E-state index contributed by atoms with van der Waals surface area (Å²) in [5.41, 5.74) is 0. The number of aliphatic hydroxyl groups excluding tert-OH is 4. The molecule has 4 N–H and O–H groups in total. The van der Waals surface area contributed by atoms with Gasteiger partial charge in [-0.05, 0) is 6.42 Å². The molecule has 0 amide bonds. The van der Waals surface area contributed by atoms with E-state index in [0.717, 1.165) is 0 Å². The van der Waals surface area contributed by atoms with Gasteiger partial charge < -0.3 is 25.2 Å². The van der Waals surface area contributed by atoms with Gasteiger partial charge in [-0.2, -0.15) is 0 Å². The monoisotopic (exact) mass is 192 g/mol. The molecule has 0 saturated carbocycles. The molecule has 0 aromatic carbocycles. The lowest BCUT2D eigenvalue weighted by Gasteiger charge is -2.30. The molecule has 1 aliphatic heterocycles. The molecule has 4 atom stereocenters. The summed E-state index contributed by atoms with van der Waals surface area (Å²) in [5, 5.41) is 37.0. The van der Waals surface area contributed by atoms with Crippen LogP contribution in [0.15, 0.2) is 0 Å². The minimum atomic E-state index is -1.19. The first-order valence-corrected chi connectivity index (χ1v) is 4.39. The van der Waals surface area contributed by atoms with Gasteiger partial charge in [0, 0.05) is 12.5 Å². The molecule has 5 heteroatoms. The molecule has 13 heavy (non-hydrogen) atoms. The summed E-state index contributed by atoms with van der Waals surface area (Å²) in [4.78, 5) is 0. The van der Waals surface area contributed by atoms with Crippen molar-refractivity contribution in [3.8, 4) is 0 Å². The van der Waals surface area contributed by atoms with Crippen LogP contribution in [0.3, 0.4) is 0 Å². The van der Waals surface area contributed by atoms with Gasteiger partial charge in [0.1, 0.15) is 6.10 Å². The van der Waals surface area contributed by atoms with E-state index < -0.39 is 24.2 Å². The van der Waals surface area contributed by atoms with E-state index in [0.29, 0.717) is 13.0 Å². The van der Waals surface area contributed by atoms with E-state index in [1.54, 1.807) is 0 Å². The van der Waals surface area contributed by atoms with Crippen molar-refractivity contribution in [3.05, 3.63) is 0 Å². The summed E-state index contributed by atoms with van der Waals surface area (Å²) in [6.45, 7) is 0.286. The Kier molecular flexibility index (Phi) is 4.08. The summed E-state index contributed by atoms with van der Waals surface area (Å²) in [5.74, 6) is -0.523. The van der Waals surface area contributed by atoms with Crippen LogP contribution in [0.4, 0.5) is 0 Å². The van der Waals surface area contributed by atoms with Crippen LogP contribution in [0.25, 0.3) is 0 Å². The molecule has 0 bridgehead atoms. The lowest BCUT2D eigenvalue weighted by atomic mass is 9.94. The number of hydrogen-bond acceptors (Lipinski definition) is 5. The Balaban J connectivity index is 2.58. The summed E-state index contributed by atoms with van der Waals surface area (Å²) in [6, 6.07) is 0. The van der Waals surface area contributed by atoms with Crippen LogP contribution in [-0.4, -0.2) is 58.6 Å². The maximum Gasteiger partial charge on any atom is 0.106 e. The molecule has 4 unspecified atom stereocenters. The Hall–Kier alpha value is -0.200. The van der Waals surface area contributed by atoms with Crippen molar-refractivity contribution in [1.29, 1.82) is 0 Å². The molecule has 78 valence electrons. The molecule has 1 rings (SSSR count). The van der Waals surface area contributed by atoms with E-state index in [1.807, 2.05) is 0 Å². The van der Waals surface area contributed by atoms with Crippen molar-refractivity contribution in [2.45, 2.75) is 24.7 Å². The molecule has 0 aromatic rings. The van der Waals surface area contributed by atoms with Crippen LogP contribution in [0.2, 0.25) is 0 Å². The SMILES string of the molecule is OCC1COCCC(O)C(O)C1O. The zero-order chi connectivity index (χ0) is 9.84. The fraction of sp³-hybridized carbons (Fsp3) is 1.00. The van der Waals surface area contributed by atoms with Crippen LogP contribution >= 0.6 is 0 Å². The van der Waals surface area contributed by atoms with Crippen molar-refractivity contribution >= 4 is 0 Å². The van der Waals surface area contributed by atoms with Gasteiger partial charge >= 0.3 is 0 Å². The highest BCUT2D eigenvalue weighted by Crippen LogP contribution is 2.16. The Morgan fingerprint density at radius 1 is 1.15 bits per heavy atom. The summed E-state index contributed by atoms with van der Waals surface area (Å²) >= 11 is 0. The molecule has 0 aromatic heterocycles. The lowest BCUT2D eigenvalue weighted by Crippen LogP contribution is -2.46. The molecule has 1 heterocycles. The fourth-order valence-corrected chi connectivity index (χ4v) is 1.38. The van der Waals surface area contributed by atoms with Gasteiger partial charge in [-0.15, -0.1) is 0 Å². The van der Waals surface area contributed by atoms with Crippen LogP contribution in [0.1, 0.15) is 6.42 Å². The highest BCUT2D eigenvalue weighted by Gasteiger charge is 2.32. The van der Waals surface area contributed by atoms with E-state index in [4.69, 9.17) is 9.84 Å². The molecular weight excluding hydrogens is 176 g/mol. The summed E-state index contributed by atoms with van der Waals surface area (Å²) < 4.78 is 5.08. The first-order valence-electron chi connectivity index (χ1n) is 4.39. The van der Waals surface area contributed by atoms with Crippen molar-refractivity contribution < 1.29 is 25.2 Å². The predicted molar refractivity (Wildman–Crippen MR) is 44.0 cm³/mol. The normalized spacial score (nSPS) is 42.5. The summed E-state index contributed by atoms with van der Waals surface area (Å²) in [7, 11) is 0. The minimum Gasteiger partial charge on any atom is -0.396 e. The Morgan fingerprint density at radius 2 is 1.85 bits per heavy atom. The Labute approximate surface area is 76.6 Å². The third-order valence-electron chi connectivity index (χ3n) is 2.35. The first-order chi connectivity index (χ1) is 6.16. The van der Waals surface area contributed by atoms with E-state index >= 15 is 0 Å². The Bertz CT molecular complexity index is 149. The largest absolute Gasteiger partial charge is 0.396 e. The van der Waals surface area contributed by atoms with Gasteiger partial charge in [-0.3, -0.25) is 0 Å². The fourth-order valence-electron chi connectivity index (χ4n) is 1.38. The predicted octanol–water partition coefficient (Wildman–Crippen LogP) is -1.90. The van der Waals surface area contributed by atoms with E-state index in [-0.39, 0.29) is 13.2 Å². The van der Waals surface area contributed by atoms with Crippen molar-refractivity contribution in [1.82, 2.24) is 0 Å². The van der Waals surface area contributed by atoms with Gasteiger partial charge in [-0.1, -0.05) is 0 Å². The second-order valence-electron chi connectivity index (χ2n) is 3.35. The van der Waals surface area contributed by atoms with Crippen molar-refractivity contribution in [3.63, 3.8) is 0 Å². The van der Waals surface area contributed by atoms with Gasteiger partial charge in [0.05, 0.1) is 25.4 Å². The van der Waals surface area contributed by atoms with Crippen molar-refractivity contribution in [2.75, 3.05) is 19.8 Å². The highest BCUT2D eigenvalue weighted by molar-refractivity contribution is 4.82. The van der Waals surface area contributed by atoms with Crippen LogP contribution in [0.5, 0.6) is 0 Å². The topological polar surface area (TPSA) is 90.2 Å². The van der Waals surface area contributed by atoms with E-state index in [1.165, 1.54) is 0 Å². The van der Waals surface area contributed by atoms with Gasteiger partial charge in [0.2, 0.25) is 0 Å². The molecule has 1 saturated heterocycles. The zero-order valence-corrected chi connectivity index (χ0v) is 7.33. The molecule has 0 radical (unpaired) electrons. The maximum atomic E-state index is 9.46. The maximum absolute atomic E-state index is 9.46. The molecule has 5 nitrogen and oxygen atoms in total. The van der Waals surface area contributed by atoms with Crippen LogP contribution < -0.4 is 0 Å². The second-order valence-corrected chi connectivity index (χ2v) is 3.35. The van der Waals surface area contributed by atoms with E-state index in [9.17, 15) is 15.3 Å². The van der Waals surface area contributed by atoms with Gasteiger partial charge in [0.25, 0.3) is 0 Å². The summed E-state index contributed by atoms with van der Waals surface area (Å²) in [6.07, 6.45) is -3.00. The Morgan fingerprint density at radius 3 is 2.46 bits per heavy atom. The smallest absolute Gasteiger partial charge is 0.106 e. The molecule has 1 aliphatic rings. The lowest BCUT2D eigenvalue weighted by molar-refractivity contribution is -0.125. The molecule has 0 aliphatic carbocycles. The average Bonchev–Trinajstić information content (AvgIpc) is 2.14. The highest BCUT2D eigenvalue weighted by atomic mass is 16.5. The molecule has 1 fully saturated rings. The van der Waals surface area contributed by atoms with Crippen LogP contribution in [-0.2, 0) is 4.74 Å². The number of ether oxygens (including phenoxy) is 1. The standard InChI is InChI=1S/C8H16O5/c9-3-5-4-13-2-1-6(10)8(12)7(5)11/h5-12H,1-4H2. The first kappa shape index (κ1) is 10.9. The second kappa shape index (κ2) is 4.88. The zero-order valence-electron chi connectivity index (χ0n) is 7.33. The van der Waals surface area contributed by atoms with E-state index in [2.05, 4.69) is 0 Å². The third kappa shape index (κ3) is 2.62. The van der Waals surface area contributed by atoms with Crippen molar-refractivity contribution in [2.24, 2.45) is 5.92 Å². The van der Waals surface area contributed by atoms with Gasteiger partial charge in [-0.25, -0.2) is 0 Å². The number of aliphatic hydroxyl groups is 4. The molecular formula is C8H16O5. The molecule has 0 spiro atoms. The average molecular weight is 192 g/mol. The third-order valence-corrected chi connectivity index (χ3v) is 2.35. The number of hydrogen-bond donors (Lipinski definition) is 4. The minimum absolute atomic E-state index is 0.210. The van der Waals surface area contributed by atoms with Gasteiger partial charge in [0.15, 0.2) is 0 Å².